The van der Waals surface area contributed by atoms with Crippen LogP contribution in [-0.4, -0.2) is 37.2 Å². The number of pyridine rings is 1. The first-order valence-electron chi connectivity index (χ1n) is 10.1. The van der Waals surface area contributed by atoms with E-state index in [2.05, 4.69) is 25.1 Å². The number of aromatic nitrogens is 4. The standard InChI is InChI=1S/C22H25ClN6O/c1-15(18-5-3-11-24-13-18)25-22(30)28-12-4-6-20(28)21-27-26-16(2)29(21)14-17-7-9-19(23)10-8-17/h3,5,7-11,13,15,20H,4,6,12,14H2,1-2H3,(H,25,30)/t15-,20?/m1/s1. The molecule has 7 nitrogen and oxygen atoms in total. The molecule has 2 atom stereocenters. The van der Waals surface area contributed by atoms with Crippen LogP contribution in [0.25, 0.3) is 0 Å². The summed E-state index contributed by atoms with van der Waals surface area (Å²) in [5.74, 6) is 1.65. The van der Waals surface area contributed by atoms with E-state index >= 15 is 0 Å². The lowest BCUT2D eigenvalue weighted by Gasteiger charge is -2.27. The van der Waals surface area contributed by atoms with Gasteiger partial charge in [-0.05, 0) is 56.0 Å². The number of amides is 2. The Balaban J connectivity index is 1.52. The van der Waals surface area contributed by atoms with E-state index in [0.29, 0.717) is 18.1 Å². The minimum Gasteiger partial charge on any atom is -0.331 e. The zero-order valence-electron chi connectivity index (χ0n) is 17.1. The lowest BCUT2D eigenvalue weighted by Crippen LogP contribution is -2.41. The van der Waals surface area contributed by atoms with Crippen molar-refractivity contribution in [1.82, 2.24) is 30.0 Å². The van der Waals surface area contributed by atoms with Gasteiger partial charge in [0.05, 0.1) is 18.6 Å². The number of nitrogens with one attached hydrogen (secondary N) is 1. The summed E-state index contributed by atoms with van der Waals surface area (Å²) in [5, 5.41) is 12.5. The fourth-order valence-electron chi connectivity index (χ4n) is 3.87. The predicted octanol–water partition coefficient (Wildman–Crippen LogP) is 4.29. The molecule has 3 aromatic rings. The number of likely N-dealkylation sites (tertiary alicyclic amines) is 1. The van der Waals surface area contributed by atoms with Gasteiger partial charge in [-0.2, -0.15) is 0 Å². The van der Waals surface area contributed by atoms with Crippen LogP contribution in [-0.2, 0) is 6.54 Å². The predicted molar refractivity (Wildman–Crippen MR) is 115 cm³/mol. The topological polar surface area (TPSA) is 75.9 Å². The Hall–Kier alpha value is -2.93. The van der Waals surface area contributed by atoms with Gasteiger partial charge >= 0.3 is 6.03 Å². The first-order chi connectivity index (χ1) is 14.5. The van der Waals surface area contributed by atoms with Gasteiger partial charge in [-0.3, -0.25) is 4.98 Å². The van der Waals surface area contributed by atoms with Gasteiger partial charge in [-0.1, -0.05) is 29.8 Å². The zero-order chi connectivity index (χ0) is 21.1. The number of aryl methyl sites for hydroxylation is 1. The molecule has 1 unspecified atom stereocenters. The van der Waals surface area contributed by atoms with E-state index in [9.17, 15) is 4.79 Å². The highest BCUT2D eigenvalue weighted by Crippen LogP contribution is 2.32. The Morgan fingerprint density at radius 2 is 2.07 bits per heavy atom. The molecule has 156 valence electrons. The largest absolute Gasteiger partial charge is 0.331 e. The Morgan fingerprint density at radius 3 is 2.80 bits per heavy atom. The van der Waals surface area contributed by atoms with Crippen LogP contribution in [0.2, 0.25) is 5.02 Å². The molecule has 0 aliphatic carbocycles. The van der Waals surface area contributed by atoms with E-state index in [1.807, 2.05) is 55.1 Å². The molecule has 0 saturated carbocycles. The van der Waals surface area contributed by atoms with E-state index in [0.717, 1.165) is 35.6 Å². The lowest BCUT2D eigenvalue weighted by molar-refractivity contribution is 0.186. The molecule has 2 aromatic heterocycles. The number of benzene rings is 1. The van der Waals surface area contributed by atoms with Gasteiger partial charge in [-0.15, -0.1) is 10.2 Å². The highest BCUT2D eigenvalue weighted by Gasteiger charge is 2.34. The molecule has 1 aliphatic heterocycles. The lowest BCUT2D eigenvalue weighted by atomic mass is 10.1. The fourth-order valence-corrected chi connectivity index (χ4v) is 4.00. The average Bonchev–Trinajstić information content (AvgIpc) is 3.37. The van der Waals surface area contributed by atoms with Crippen molar-refractivity contribution in [2.24, 2.45) is 0 Å². The SMILES string of the molecule is Cc1nnc(C2CCCN2C(=O)N[C@H](C)c2cccnc2)n1Cc1ccc(Cl)cc1. The van der Waals surface area contributed by atoms with Gasteiger partial charge in [0, 0.05) is 24.0 Å². The maximum atomic E-state index is 13.0. The van der Waals surface area contributed by atoms with Crippen molar-refractivity contribution < 1.29 is 4.79 Å². The Morgan fingerprint density at radius 1 is 1.27 bits per heavy atom. The normalized spacial score (nSPS) is 17.2. The zero-order valence-corrected chi connectivity index (χ0v) is 17.9. The molecular formula is C22H25ClN6O. The summed E-state index contributed by atoms with van der Waals surface area (Å²) < 4.78 is 2.09. The van der Waals surface area contributed by atoms with Gasteiger partial charge in [0.1, 0.15) is 5.82 Å². The monoisotopic (exact) mass is 424 g/mol. The minimum absolute atomic E-state index is 0.0902. The molecule has 1 aromatic carbocycles. The van der Waals surface area contributed by atoms with Crippen molar-refractivity contribution in [3.05, 3.63) is 76.6 Å². The third kappa shape index (κ3) is 4.31. The van der Waals surface area contributed by atoms with Gasteiger partial charge in [-0.25, -0.2) is 4.79 Å². The summed E-state index contributed by atoms with van der Waals surface area (Å²) in [6.45, 7) is 5.25. The quantitative estimate of drug-likeness (QED) is 0.662. The number of rotatable bonds is 5. The molecule has 0 radical (unpaired) electrons. The smallest absolute Gasteiger partial charge is 0.318 e. The molecule has 1 N–H and O–H groups in total. The molecule has 30 heavy (non-hydrogen) atoms. The van der Waals surface area contributed by atoms with Crippen LogP contribution in [0.5, 0.6) is 0 Å². The first kappa shape index (κ1) is 20.3. The number of carbonyl (C=O) groups excluding carboxylic acids is 1. The van der Waals surface area contributed by atoms with E-state index in [-0.39, 0.29) is 18.1 Å². The van der Waals surface area contributed by atoms with Crippen LogP contribution < -0.4 is 5.32 Å². The molecule has 0 bridgehead atoms. The van der Waals surface area contributed by atoms with Gasteiger partial charge in [0.2, 0.25) is 0 Å². The Kier molecular flexibility index (Phi) is 5.99. The van der Waals surface area contributed by atoms with Crippen molar-refractivity contribution in [2.75, 3.05) is 6.54 Å². The van der Waals surface area contributed by atoms with E-state index in [1.165, 1.54) is 0 Å². The summed E-state index contributed by atoms with van der Waals surface area (Å²) in [7, 11) is 0. The highest BCUT2D eigenvalue weighted by atomic mass is 35.5. The van der Waals surface area contributed by atoms with E-state index < -0.39 is 0 Å². The first-order valence-corrected chi connectivity index (χ1v) is 10.5. The third-order valence-electron chi connectivity index (χ3n) is 5.55. The number of halogens is 1. The molecule has 2 amide bonds. The highest BCUT2D eigenvalue weighted by molar-refractivity contribution is 6.30. The second-order valence-electron chi connectivity index (χ2n) is 7.63. The van der Waals surface area contributed by atoms with Gasteiger partial charge < -0.3 is 14.8 Å². The maximum absolute atomic E-state index is 13.0. The van der Waals surface area contributed by atoms with E-state index in [1.54, 1.807) is 12.4 Å². The molecule has 1 aliphatic rings. The van der Waals surface area contributed by atoms with Crippen LogP contribution in [0, 0.1) is 6.92 Å². The fraction of sp³-hybridized carbons (Fsp3) is 0.364. The Labute approximate surface area is 181 Å². The molecule has 1 fully saturated rings. The summed E-state index contributed by atoms with van der Waals surface area (Å²) in [5.41, 5.74) is 2.09. The third-order valence-corrected chi connectivity index (χ3v) is 5.81. The number of carbonyl (C=O) groups is 1. The molecule has 1 saturated heterocycles. The maximum Gasteiger partial charge on any atom is 0.318 e. The van der Waals surface area contributed by atoms with Crippen LogP contribution in [0.4, 0.5) is 4.79 Å². The molecule has 0 spiro atoms. The second kappa shape index (κ2) is 8.83. The molecule has 3 heterocycles. The van der Waals surface area contributed by atoms with Crippen molar-refractivity contribution >= 4 is 17.6 Å². The second-order valence-corrected chi connectivity index (χ2v) is 8.06. The number of hydrogen-bond donors (Lipinski definition) is 1. The van der Waals surface area contributed by atoms with Crippen LogP contribution in [0.3, 0.4) is 0 Å². The van der Waals surface area contributed by atoms with Crippen LogP contribution >= 0.6 is 11.6 Å². The number of hydrogen-bond acceptors (Lipinski definition) is 4. The number of urea groups is 1. The average molecular weight is 425 g/mol. The summed E-state index contributed by atoms with van der Waals surface area (Å²) in [6, 6.07) is 11.3. The Bertz CT molecular complexity index is 1000. The summed E-state index contributed by atoms with van der Waals surface area (Å²) >= 11 is 6.01. The van der Waals surface area contributed by atoms with Crippen LogP contribution in [0.15, 0.2) is 48.8 Å². The van der Waals surface area contributed by atoms with Crippen molar-refractivity contribution in [1.29, 1.82) is 0 Å². The van der Waals surface area contributed by atoms with E-state index in [4.69, 9.17) is 11.6 Å². The van der Waals surface area contributed by atoms with Gasteiger partial charge in [0.15, 0.2) is 5.82 Å². The molecule has 8 heteroatoms. The number of nitrogens with zero attached hydrogens (tertiary/aromatic N) is 5. The van der Waals surface area contributed by atoms with Crippen LogP contribution in [0.1, 0.15) is 54.6 Å². The van der Waals surface area contributed by atoms with Gasteiger partial charge in [0.25, 0.3) is 0 Å². The molecule has 4 rings (SSSR count). The van der Waals surface area contributed by atoms with Crippen molar-refractivity contribution in [3.8, 4) is 0 Å². The molecular weight excluding hydrogens is 400 g/mol. The van der Waals surface area contributed by atoms with Crippen molar-refractivity contribution in [2.45, 2.75) is 45.3 Å². The minimum atomic E-state index is -0.124. The van der Waals surface area contributed by atoms with Crippen molar-refractivity contribution in [3.63, 3.8) is 0 Å². The summed E-state index contributed by atoms with van der Waals surface area (Å²) in [6.07, 6.45) is 5.31. The summed E-state index contributed by atoms with van der Waals surface area (Å²) in [4.78, 5) is 19.1.